The smallest absolute Gasteiger partial charge is 0.311 e. The number of nitrogens with zero attached hydrogens (tertiary/aromatic N) is 1. The van der Waals surface area contributed by atoms with Gasteiger partial charge in [-0.25, -0.2) is 0 Å². The van der Waals surface area contributed by atoms with Crippen molar-refractivity contribution >= 4 is 17.6 Å². The molecule has 32 heavy (non-hydrogen) atoms. The van der Waals surface area contributed by atoms with Gasteiger partial charge in [0.1, 0.15) is 5.75 Å². The van der Waals surface area contributed by atoms with Crippen LogP contribution in [0.25, 0.3) is 11.6 Å². The number of allylic oxidation sites excluding steroid dienone is 1. The van der Waals surface area contributed by atoms with Crippen LogP contribution in [-0.4, -0.2) is 20.2 Å². The number of esters is 1. The first-order chi connectivity index (χ1) is 15.5. The summed E-state index contributed by atoms with van der Waals surface area (Å²) in [5.74, 6) is 1.17. The lowest BCUT2D eigenvalue weighted by Crippen LogP contribution is -2.10. The van der Waals surface area contributed by atoms with Gasteiger partial charge in [0.05, 0.1) is 25.9 Å². The molecule has 0 aliphatic rings. The quantitative estimate of drug-likeness (QED) is 0.202. The van der Waals surface area contributed by atoms with E-state index in [-0.39, 0.29) is 12.4 Å². The maximum Gasteiger partial charge on any atom is 0.311 e. The summed E-state index contributed by atoms with van der Waals surface area (Å²) in [5.41, 5.74) is 4.30. The minimum atomic E-state index is -0.330. The number of carbonyl (C=O) groups is 1. The SMILES string of the molecule is COc1ccc(/C(C#N)=C\c2ccc(OC(=O)CCc3ccc(C)cc3)c(OC)c2)cc1. The van der Waals surface area contributed by atoms with E-state index in [2.05, 4.69) is 6.07 Å². The van der Waals surface area contributed by atoms with Crippen LogP contribution in [0.2, 0.25) is 0 Å². The standard InChI is InChI=1S/C27H25NO4/c1-19-4-6-20(7-5-19)9-15-27(29)32-25-14-8-21(17-26(25)31-3)16-23(18-28)22-10-12-24(30-2)13-11-22/h4-8,10-14,16-17H,9,15H2,1-3H3/b23-16-. The van der Waals surface area contributed by atoms with Gasteiger partial charge < -0.3 is 14.2 Å². The van der Waals surface area contributed by atoms with E-state index in [1.807, 2.05) is 43.3 Å². The van der Waals surface area contributed by atoms with Crippen molar-refractivity contribution in [2.24, 2.45) is 0 Å². The molecule has 162 valence electrons. The molecular formula is C27H25NO4. The van der Waals surface area contributed by atoms with Gasteiger partial charge in [-0.15, -0.1) is 0 Å². The van der Waals surface area contributed by atoms with Crippen LogP contribution in [0.5, 0.6) is 17.2 Å². The number of hydrogen-bond donors (Lipinski definition) is 0. The van der Waals surface area contributed by atoms with Gasteiger partial charge in [0.2, 0.25) is 0 Å². The highest BCUT2D eigenvalue weighted by molar-refractivity contribution is 5.90. The molecule has 3 rings (SSSR count). The molecule has 0 aromatic heterocycles. The molecule has 0 aliphatic heterocycles. The van der Waals surface area contributed by atoms with E-state index in [0.29, 0.717) is 23.5 Å². The normalized spacial score (nSPS) is 10.9. The Morgan fingerprint density at radius 2 is 1.66 bits per heavy atom. The van der Waals surface area contributed by atoms with Crippen LogP contribution in [0.1, 0.15) is 28.7 Å². The van der Waals surface area contributed by atoms with Crippen molar-refractivity contribution in [2.45, 2.75) is 19.8 Å². The van der Waals surface area contributed by atoms with Crippen molar-refractivity contribution in [1.29, 1.82) is 5.26 Å². The number of hydrogen-bond acceptors (Lipinski definition) is 5. The second-order valence-corrected chi connectivity index (χ2v) is 7.27. The Kier molecular flexibility index (Phi) is 7.66. The van der Waals surface area contributed by atoms with Crippen LogP contribution in [0.15, 0.2) is 66.7 Å². The third-order valence-corrected chi connectivity index (χ3v) is 4.98. The molecule has 0 saturated carbocycles. The van der Waals surface area contributed by atoms with Gasteiger partial charge in [-0.05, 0) is 72.5 Å². The topological polar surface area (TPSA) is 68.5 Å². The molecule has 0 spiro atoms. The monoisotopic (exact) mass is 427 g/mol. The van der Waals surface area contributed by atoms with Crippen LogP contribution < -0.4 is 14.2 Å². The van der Waals surface area contributed by atoms with Gasteiger partial charge in [0.25, 0.3) is 0 Å². The fourth-order valence-electron chi connectivity index (χ4n) is 3.15. The van der Waals surface area contributed by atoms with Gasteiger partial charge in [-0.1, -0.05) is 35.9 Å². The molecule has 0 amide bonds. The summed E-state index contributed by atoms with van der Waals surface area (Å²) in [6.07, 6.45) is 2.63. The molecule has 0 bridgehead atoms. The predicted molar refractivity (Wildman–Crippen MR) is 125 cm³/mol. The molecule has 0 heterocycles. The lowest BCUT2D eigenvalue weighted by molar-refractivity contribution is -0.134. The zero-order valence-electron chi connectivity index (χ0n) is 18.4. The summed E-state index contributed by atoms with van der Waals surface area (Å²) in [5, 5.41) is 9.59. The third kappa shape index (κ3) is 5.99. The van der Waals surface area contributed by atoms with E-state index in [9.17, 15) is 10.1 Å². The molecule has 3 aromatic rings. The van der Waals surface area contributed by atoms with Gasteiger partial charge in [-0.3, -0.25) is 4.79 Å². The van der Waals surface area contributed by atoms with Crippen molar-refractivity contribution in [3.05, 3.63) is 89.0 Å². The Balaban J connectivity index is 1.71. The summed E-state index contributed by atoms with van der Waals surface area (Å²) in [7, 11) is 3.11. The first-order valence-corrected chi connectivity index (χ1v) is 10.2. The molecule has 5 heteroatoms. The lowest BCUT2D eigenvalue weighted by Gasteiger charge is -2.10. The number of ether oxygens (including phenoxy) is 3. The van der Waals surface area contributed by atoms with E-state index in [1.54, 1.807) is 43.5 Å². The van der Waals surface area contributed by atoms with E-state index in [4.69, 9.17) is 14.2 Å². The summed E-state index contributed by atoms with van der Waals surface area (Å²) in [6.45, 7) is 2.03. The molecule has 0 fully saturated rings. The van der Waals surface area contributed by atoms with Crippen LogP contribution in [0, 0.1) is 18.3 Å². The third-order valence-electron chi connectivity index (χ3n) is 4.98. The van der Waals surface area contributed by atoms with Crippen molar-refractivity contribution in [2.75, 3.05) is 14.2 Å². The van der Waals surface area contributed by atoms with E-state index >= 15 is 0 Å². The summed E-state index contributed by atoms with van der Waals surface area (Å²) in [4.78, 5) is 12.3. The second-order valence-electron chi connectivity index (χ2n) is 7.27. The minimum absolute atomic E-state index is 0.268. The van der Waals surface area contributed by atoms with Gasteiger partial charge >= 0.3 is 5.97 Å². The number of carbonyl (C=O) groups excluding carboxylic acids is 1. The van der Waals surface area contributed by atoms with Crippen molar-refractivity contribution in [3.63, 3.8) is 0 Å². The van der Waals surface area contributed by atoms with Crippen molar-refractivity contribution in [1.82, 2.24) is 0 Å². The highest BCUT2D eigenvalue weighted by atomic mass is 16.6. The predicted octanol–water partition coefficient (Wildman–Crippen LogP) is 5.61. The zero-order valence-corrected chi connectivity index (χ0v) is 18.4. The first-order valence-electron chi connectivity index (χ1n) is 10.2. The van der Waals surface area contributed by atoms with E-state index < -0.39 is 0 Å². The Hall–Kier alpha value is -4.04. The van der Waals surface area contributed by atoms with Crippen molar-refractivity contribution in [3.8, 4) is 23.3 Å². The fraction of sp³-hybridized carbons (Fsp3) is 0.185. The largest absolute Gasteiger partial charge is 0.497 e. The van der Waals surface area contributed by atoms with Crippen LogP contribution in [0.3, 0.4) is 0 Å². The van der Waals surface area contributed by atoms with Crippen LogP contribution >= 0.6 is 0 Å². The molecule has 0 atom stereocenters. The maximum absolute atomic E-state index is 12.3. The molecular weight excluding hydrogens is 402 g/mol. The Morgan fingerprint density at radius 3 is 2.28 bits per heavy atom. The van der Waals surface area contributed by atoms with Crippen LogP contribution in [0.4, 0.5) is 0 Å². The molecule has 0 saturated heterocycles. The molecule has 3 aromatic carbocycles. The second kappa shape index (κ2) is 10.8. The molecule has 0 unspecified atom stereocenters. The molecule has 5 nitrogen and oxygen atoms in total. The van der Waals surface area contributed by atoms with Crippen LogP contribution in [-0.2, 0) is 11.2 Å². The van der Waals surface area contributed by atoms with Gasteiger partial charge in [0.15, 0.2) is 11.5 Å². The number of aryl methyl sites for hydroxylation is 2. The fourth-order valence-corrected chi connectivity index (χ4v) is 3.15. The number of benzene rings is 3. The molecule has 0 aliphatic carbocycles. The maximum atomic E-state index is 12.3. The average molecular weight is 428 g/mol. The van der Waals surface area contributed by atoms with Gasteiger partial charge in [-0.2, -0.15) is 5.26 Å². The minimum Gasteiger partial charge on any atom is -0.497 e. The number of methoxy groups -OCH3 is 2. The molecule has 0 radical (unpaired) electrons. The summed E-state index contributed by atoms with van der Waals surface area (Å²) >= 11 is 0. The Bertz CT molecular complexity index is 1140. The molecule has 0 N–H and O–H groups in total. The first kappa shape index (κ1) is 22.6. The lowest BCUT2D eigenvalue weighted by atomic mass is 10.0. The average Bonchev–Trinajstić information content (AvgIpc) is 2.83. The highest BCUT2D eigenvalue weighted by Crippen LogP contribution is 2.30. The summed E-state index contributed by atoms with van der Waals surface area (Å²) in [6, 6.07) is 22.8. The van der Waals surface area contributed by atoms with E-state index in [1.165, 1.54) is 12.7 Å². The van der Waals surface area contributed by atoms with Crippen molar-refractivity contribution < 1.29 is 19.0 Å². The number of nitriles is 1. The Morgan fingerprint density at radius 1 is 0.938 bits per heavy atom. The zero-order chi connectivity index (χ0) is 22.9. The Labute approximate surface area is 188 Å². The highest BCUT2D eigenvalue weighted by Gasteiger charge is 2.12. The summed E-state index contributed by atoms with van der Waals surface area (Å²) < 4.78 is 16.1. The van der Waals surface area contributed by atoms with Gasteiger partial charge in [0, 0.05) is 6.42 Å². The number of rotatable bonds is 8. The van der Waals surface area contributed by atoms with E-state index in [0.717, 1.165) is 22.4 Å².